The second-order valence-electron chi connectivity index (χ2n) is 8.23. The lowest BCUT2D eigenvalue weighted by atomic mass is 9.43. The number of rotatable bonds is 5. The SMILES string of the molecule is O=C(COc1ccc(Cl)c(F)c1)NC12CC(N3C(=O)c4cc(Cl)ccc4C3O)(C1)C2. The fourth-order valence-electron chi connectivity index (χ4n) is 4.96. The number of carbonyl (C=O) groups is 2. The van der Waals surface area contributed by atoms with Crippen molar-refractivity contribution in [3.63, 3.8) is 0 Å². The van der Waals surface area contributed by atoms with E-state index in [4.69, 9.17) is 27.9 Å². The first-order valence-electron chi connectivity index (χ1n) is 9.42. The monoisotopic (exact) mass is 450 g/mol. The van der Waals surface area contributed by atoms with Crippen molar-refractivity contribution in [1.29, 1.82) is 0 Å². The zero-order valence-corrected chi connectivity index (χ0v) is 17.1. The fraction of sp³-hybridized carbons (Fsp3) is 0.333. The molecule has 2 bridgehead atoms. The second kappa shape index (κ2) is 6.57. The third-order valence-corrected chi connectivity index (χ3v) is 6.71. The predicted octanol–water partition coefficient (Wildman–Crippen LogP) is 3.45. The molecule has 3 saturated carbocycles. The molecule has 2 N–H and O–H groups in total. The topological polar surface area (TPSA) is 78.9 Å². The van der Waals surface area contributed by atoms with Gasteiger partial charge in [-0.2, -0.15) is 0 Å². The van der Waals surface area contributed by atoms with E-state index in [0.29, 0.717) is 35.4 Å². The zero-order chi connectivity index (χ0) is 21.3. The largest absolute Gasteiger partial charge is 0.484 e. The van der Waals surface area contributed by atoms with Crippen molar-refractivity contribution in [3.05, 3.63) is 63.4 Å². The van der Waals surface area contributed by atoms with Crippen LogP contribution in [0.4, 0.5) is 4.39 Å². The Hall–Kier alpha value is -2.35. The van der Waals surface area contributed by atoms with E-state index in [0.717, 1.165) is 6.07 Å². The molecule has 2 aromatic carbocycles. The van der Waals surface area contributed by atoms with Gasteiger partial charge in [-0.15, -0.1) is 0 Å². The Labute approximate surface area is 181 Å². The van der Waals surface area contributed by atoms with Crippen LogP contribution in [0.5, 0.6) is 5.75 Å². The molecule has 6 rings (SSSR count). The lowest BCUT2D eigenvalue weighted by molar-refractivity contribution is -0.200. The number of aliphatic hydroxyl groups is 1. The Kier molecular flexibility index (Phi) is 4.29. The predicted molar refractivity (Wildman–Crippen MR) is 107 cm³/mol. The number of ether oxygens (including phenoxy) is 1. The van der Waals surface area contributed by atoms with E-state index in [1.54, 1.807) is 18.2 Å². The molecule has 3 fully saturated rings. The van der Waals surface area contributed by atoms with Gasteiger partial charge in [0, 0.05) is 27.8 Å². The van der Waals surface area contributed by atoms with E-state index < -0.39 is 23.1 Å². The molecule has 1 aliphatic heterocycles. The highest BCUT2D eigenvalue weighted by Crippen LogP contribution is 2.66. The summed E-state index contributed by atoms with van der Waals surface area (Å²) >= 11 is 11.6. The van der Waals surface area contributed by atoms with Crippen LogP contribution in [0.3, 0.4) is 0 Å². The van der Waals surface area contributed by atoms with E-state index in [2.05, 4.69) is 5.32 Å². The molecule has 1 heterocycles. The zero-order valence-electron chi connectivity index (χ0n) is 15.6. The molecule has 156 valence electrons. The number of halogens is 3. The number of hydrogen-bond donors (Lipinski definition) is 2. The van der Waals surface area contributed by atoms with Crippen LogP contribution in [0.1, 0.15) is 41.4 Å². The maximum Gasteiger partial charge on any atom is 0.258 e. The standard InChI is InChI=1S/C21H17Cl2FN2O4/c22-11-1-3-13-14(5-11)19(29)26(18(13)28)21-8-20(9-21,10-21)25-17(27)7-30-12-2-4-15(23)16(24)6-12/h1-6,18,28H,7-10H2,(H,25,27). The van der Waals surface area contributed by atoms with Gasteiger partial charge in [0.05, 0.1) is 10.6 Å². The van der Waals surface area contributed by atoms with Gasteiger partial charge in [-0.05, 0) is 43.5 Å². The summed E-state index contributed by atoms with van der Waals surface area (Å²) in [6.45, 7) is -0.259. The molecule has 0 spiro atoms. The van der Waals surface area contributed by atoms with Crippen LogP contribution < -0.4 is 10.1 Å². The van der Waals surface area contributed by atoms with Crippen molar-refractivity contribution >= 4 is 35.0 Å². The fourth-order valence-corrected chi connectivity index (χ4v) is 5.25. The summed E-state index contributed by atoms with van der Waals surface area (Å²) in [4.78, 5) is 26.6. The first-order valence-corrected chi connectivity index (χ1v) is 10.2. The highest BCUT2D eigenvalue weighted by atomic mass is 35.5. The molecule has 2 amide bonds. The van der Waals surface area contributed by atoms with Gasteiger partial charge in [-0.1, -0.05) is 29.3 Å². The molecule has 1 unspecified atom stereocenters. The molecule has 0 aromatic heterocycles. The average Bonchev–Trinajstić information content (AvgIpc) is 2.88. The third-order valence-electron chi connectivity index (χ3n) is 6.17. The van der Waals surface area contributed by atoms with Gasteiger partial charge in [-0.25, -0.2) is 4.39 Å². The molecular formula is C21H17Cl2FN2O4. The summed E-state index contributed by atoms with van der Waals surface area (Å²) in [5, 5.41) is 14.0. The Bertz CT molecular complexity index is 1070. The molecule has 9 heteroatoms. The van der Waals surface area contributed by atoms with Gasteiger partial charge >= 0.3 is 0 Å². The van der Waals surface area contributed by atoms with Crippen LogP contribution in [0.2, 0.25) is 10.0 Å². The smallest absolute Gasteiger partial charge is 0.258 e. The summed E-state index contributed by atoms with van der Waals surface area (Å²) in [5.74, 6) is -0.981. The van der Waals surface area contributed by atoms with E-state index in [9.17, 15) is 19.1 Å². The van der Waals surface area contributed by atoms with E-state index in [1.807, 2.05) is 0 Å². The van der Waals surface area contributed by atoms with Crippen molar-refractivity contribution in [1.82, 2.24) is 10.2 Å². The molecule has 6 nitrogen and oxygen atoms in total. The molecule has 3 aliphatic carbocycles. The van der Waals surface area contributed by atoms with Crippen molar-refractivity contribution in [2.75, 3.05) is 6.61 Å². The van der Waals surface area contributed by atoms with Crippen LogP contribution in [0.25, 0.3) is 0 Å². The Morgan fingerprint density at radius 1 is 1.23 bits per heavy atom. The van der Waals surface area contributed by atoms with Crippen LogP contribution >= 0.6 is 23.2 Å². The highest BCUT2D eigenvalue weighted by molar-refractivity contribution is 6.31. The minimum atomic E-state index is -1.01. The number of hydrogen-bond acceptors (Lipinski definition) is 4. The first kappa shape index (κ1) is 19.6. The number of aliphatic hydroxyl groups excluding tert-OH is 1. The Morgan fingerprint density at radius 3 is 2.67 bits per heavy atom. The minimum Gasteiger partial charge on any atom is -0.484 e. The Balaban J connectivity index is 1.19. The van der Waals surface area contributed by atoms with Crippen LogP contribution in [-0.4, -0.2) is 39.5 Å². The number of benzene rings is 2. The van der Waals surface area contributed by atoms with E-state index >= 15 is 0 Å². The second-order valence-corrected chi connectivity index (χ2v) is 9.07. The van der Waals surface area contributed by atoms with Crippen molar-refractivity contribution in [2.45, 2.75) is 36.6 Å². The summed E-state index contributed by atoms with van der Waals surface area (Å²) in [6, 6.07) is 8.85. The molecule has 4 aliphatic rings. The number of fused-ring (bicyclic) bond motifs is 1. The van der Waals surface area contributed by atoms with Crippen LogP contribution in [0.15, 0.2) is 36.4 Å². The number of carbonyl (C=O) groups excluding carboxylic acids is 2. The summed E-state index contributed by atoms with van der Waals surface area (Å²) < 4.78 is 18.8. The molecule has 0 radical (unpaired) electrons. The van der Waals surface area contributed by atoms with Gasteiger partial charge in [0.2, 0.25) is 0 Å². The van der Waals surface area contributed by atoms with Crippen LogP contribution in [0, 0.1) is 5.82 Å². The number of amides is 2. The number of nitrogens with zero attached hydrogens (tertiary/aromatic N) is 1. The van der Waals surface area contributed by atoms with E-state index in [1.165, 1.54) is 17.0 Å². The molecular weight excluding hydrogens is 434 g/mol. The molecule has 1 atom stereocenters. The lowest BCUT2D eigenvalue weighted by Crippen LogP contribution is -2.84. The maximum atomic E-state index is 13.4. The minimum absolute atomic E-state index is 0.0194. The van der Waals surface area contributed by atoms with Crippen molar-refractivity contribution in [3.8, 4) is 5.75 Å². The molecule has 0 saturated heterocycles. The van der Waals surface area contributed by atoms with Gasteiger partial charge in [0.15, 0.2) is 12.8 Å². The van der Waals surface area contributed by atoms with Gasteiger partial charge in [-0.3, -0.25) is 9.59 Å². The molecule has 30 heavy (non-hydrogen) atoms. The average molecular weight is 451 g/mol. The van der Waals surface area contributed by atoms with Gasteiger partial charge in [0.25, 0.3) is 11.8 Å². The maximum absolute atomic E-state index is 13.4. The number of nitrogens with one attached hydrogen (secondary N) is 1. The lowest BCUT2D eigenvalue weighted by Gasteiger charge is -2.73. The van der Waals surface area contributed by atoms with Gasteiger partial charge in [0.1, 0.15) is 11.6 Å². The molecule has 2 aromatic rings. The first-order chi connectivity index (χ1) is 14.2. The van der Waals surface area contributed by atoms with E-state index in [-0.39, 0.29) is 29.2 Å². The normalized spacial score (nSPS) is 28.5. The third kappa shape index (κ3) is 2.87. The van der Waals surface area contributed by atoms with Crippen molar-refractivity contribution in [2.24, 2.45) is 0 Å². The van der Waals surface area contributed by atoms with Crippen LogP contribution in [-0.2, 0) is 4.79 Å². The highest BCUT2D eigenvalue weighted by Gasteiger charge is 2.73. The summed E-state index contributed by atoms with van der Waals surface area (Å²) in [5.41, 5.74) is 0.102. The summed E-state index contributed by atoms with van der Waals surface area (Å²) in [7, 11) is 0. The quantitative estimate of drug-likeness (QED) is 0.730. The Morgan fingerprint density at radius 2 is 1.97 bits per heavy atom. The van der Waals surface area contributed by atoms with Crippen molar-refractivity contribution < 1.29 is 23.8 Å². The summed E-state index contributed by atoms with van der Waals surface area (Å²) in [6.07, 6.45) is 0.672. The van der Waals surface area contributed by atoms with Gasteiger partial charge < -0.3 is 20.1 Å².